The summed E-state index contributed by atoms with van der Waals surface area (Å²) in [6, 6.07) is 20.2. The van der Waals surface area contributed by atoms with Crippen LogP contribution in [-0.2, 0) is 0 Å². The number of hydrogen-bond acceptors (Lipinski definition) is 4. The van der Waals surface area contributed by atoms with Crippen molar-refractivity contribution < 1.29 is 23.6 Å². The molecule has 3 heterocycles. The fraction of sp³-hybridized carbons (Fsp3) is 0. The summed E-state index contributed by atoms with van der Waals surface area (Å²) in [5, 5.41) is -0.0270. The fourth-order valence-corrected chi connectivity index (χ4v) is 6.87. The summed E-state index contributed by atoms with van der Waals surface area (Å²) in [6.07, 6.45) is 0. The molecule has 0 aliphatic heterocycles. The van der Waals surface area contributed by atoms with Crippen molar-refractivity contribution in [2.75, 3.05) is 0 Å². The molecule has 0 amide bonds. The maximum atomic E-state index is 9.62. The minimum absolute atomic E-state index is 0.178. The van der Waals surface area contributed by atoms with Gasteiger partial charge in [0, 0.05) is 43.9 Å². The number of nitrogens with zero attached hydrogens (tertiary/aromatic N) is 4. The Kier molecular flexibility index (Phi) is 4.36. The molecule has 8 aromatic carbocycles. The van der Waals surface area contributed by atoms with Crippen LogP contribution in [0, 0.1) is 0 Å². The Balaban J connectivity index is 1.24. The summed E-state index contributed by atoms with van der Waals surface area (Å²) in [6.45, 7) is 0. The molecule has 0 N–H and O–H groups in total. The molecule has 11 aromatic rings. The SMILES string of the molecule is [2H]c1c([2H])c(-n2c3c([2H])c([2H])c([2H])c([2H])c3c3c([2H])c4c([2H])c([2H])c([2H])c([2H])c4c([2H])c32)c([2H])c([2H])c1-c1cc(-c2nc(-c3ccccc3)nc(-c3ccccc3)n2)c2c(c1)oc1ccccc12. The fourth-order valence-electron chi connectivity index (χ4n) is 6.87. The number of hydrogen-bond donors (Lipinski definition) is 0. The van der Waals surface area contributed by atoms with Gasteiger partial charge in [-0.25, -0.2) is 15.0 Å². The normalized spacial score (nSPS) is 15.3. The first-order valence-corrected chi connectivity index (χ1v) is 17.0. The molecule has 0 radical (unpaired) electrons. The lowest BCUT2D eigenvalue weighted by atomic mass is 9.98. The van der Waals surface area contributed by atoms with Crippen LogP contribution in [0.5, 0.6) is 0 Å². The Morgan fingerprint density at radius 1 is 0.463 bits per heavy atom. The zero-order valence-electron chi connectivity index (χ0n) is 41.9. The lowest BCUT2D eigenvalue weighted by Crippen LogP contribution is -2.00. The second-order valence-electron chi connectivity index (χ2n) is 12.5. The monoisotopic (exact) mass is 704 g/mol. The average Bonchev–Trinajstić information content (AvgIpc) is 3.91. The Morgan fingerprint density at radius 2 is 1.09 bits per heavy atom. The molecular formula is C49H30N4O. The van der Waals surface area contributed by atoms with Crippen LogP contribution in [0.1, 0.15) is 19.2 Å². The Labute approximate surface area is 330 Å². The highest BCUT2D eigenvalue weighted by Gasteiger charge is 2.20. The van der Waals surface area contributed by atoms with Crippen LogP contribution >= 0.6 is 0 Å². The van der Waals surface area contributed by atoms with E-state index in [1.165, 1.54) is 0 Å². The number of furan rings is 1. The third kappa shape index (κ3) is 4.90. The van der Waals surface area contributed by atoms with Gasteiger partial charge >= 0.3 is 0 Å². The highest BCUT2D eigenvalue weighted by atomic mass is 16.3. The van der Waals surface area contributed by atoms with Gasteiger partial charge in [-0.05, 0) is 70.3 Å². The van der Waals surface area contributed by atoms with Crippen LogP contribution in [0.2, 0.25) is 0 Å². The highest BCUT2D eigenvalue weighted by molar-refractivity contribution is 6.14. The van der Waals surface area contributed by atoms with Crippen molar-refractivity contribution in [3.8, 4) is 51.0 Å². The topological polar surface area (TPSA) is 56.7 Å². The first kappa shape index (κ1) is 19.5. The molecule has 11 rings (SSSR count). The standard InChI is InChI=1S/C49H30N4O/c1-3-13-32(14-4-1)47-50-48(33-15-5-2-6-16-33)52-49(51-47)41-28-36(30-45-46(41)39-20-10-12-22-44(39)54-45)31-23-25-37(26-24-31)53-42-21-11-9-19-38(42)40-27-34-17-7-8-18-35(34)29-43(40)53/h1-30H/i7D,8D,9D,11D,17D,18D,19D,21D,23D,24D,25D,26D,27D,29D. The minimum Gasteiger partial charge on any atom is -0.456 e. The largest absolute Gasteiger partial charge is 0.456 e. The number of rotatable bonds is 5. The Bertz CT molecular complexity index is 3940. The van der Waals surface area contributed by atoms with Gasteiger partial charge < -0.3 is 8.98 Å². The lowest BCUT2D eigenvalue weighted by Gasteiger charge is -2.12. The van der Waals surface area contributed by atoms with E-state index >= 15 is 0 Å². The van der Waals surface area contributed by atoms with Gasteiger partial charge in [-0.3, -0.25) is 0 Å². The average molecular weight is 705 g/mol. The van der Waals surface area contributed by atoms with Crippen LogP contribution in [0.3, 0.4) is 0 Å². The van der Waals surface area contributed by atoms with Gasteiger partial charge in [0.2, 0.25) is 0 Å². The first-order chi connectivity index (χ1) is 32.6. The molecule has 0 unspecified atom stereocenters. The van der Waals surface area contributed by atoms with Crippen molar-refractivity contribution >= 4 is 54.5 Å². The minimum atomic E-state index is -0.721. The molecule has 0 saturated heterocycles. The van der Waals surface area contributed by atoms with Crippen molar-refractivity contribution in [3.05, 3.63) is 182 Å². The second-order valence-corrected chi connectivity index (χ2v) is 12.5. The van der Waals surface area contributed by atoms with E-state index in [1.807, 2.05) is 78.9 Å². The third-order valence-electron chi connectivity index (χ3n) is 9.33. The van der Waals surface area contributed by atoms with E-state index in [1.54, 1.807) is 18.2 Å². The summed E-state index contributed by atoms with van der Waals surface area (Å²) in [4.78, 5) is 14.8. The highest BCUT2D eigenvalue weighted by Crippen LogP contribution is 2.41. The molecule has 3 aromatic heterocycles. The van der Waals surface area contributed by atoms with Gasteiger partial charge in [0.25, 0.3) is 0 Å². The van der Waals surface area contributed by atoms with Crippen LogP contribution in [0.25, 0.3) is 105 Å². The molecule has 252 valence electrons. The van der Waals surface area contributed by atoms with Gasteiger partial charge in [-0.1, -0.05) is 133 Å². The number of para-hydroxylation sites is 2. The van der Waals surface area contributed by atoms with E-state index in [9.17, 15) is 8.22 Å². The van der Waals surface area contributed by atoms with Gasteiger partial charge in [-0.2, -0.15) is 0 Å². The summed E-state index contributed by atoms with van der Waals surface area (Å²) in [5.41, 5.74) is 1.42. The molecule has 0 atom stereocenters. The maximum absolute atomic E-state index is 9.62. The quantitative estimate of drug-likeness (QED) is 0.179. The summed E-state index contributed by atoms with van der Waals surface area (Å²) >= 11 is 0. The van der Waals surface area contributed by atoms with E-state index in [0.29, 0.717) is 44.9 Å². The first-order valence-electron chi connectivity index (χ1n) is 24.0. The number of aromatic nitrogens is 4. The molecule has 0 fully saturated rings. The third-order valence-corrected chi connectivity index (χ3v) is 9.33. The smallest absolute Gasteiger partial charge is 0.164 e. The number of benzene rings is 8. The predicted octanol–water partition coefficient (Wildman–Crippen LogP) is 12.7. The molecule has 0 bridgehead atoms. The zero-order valence-corrected chi connectivity index (χ0v) is 27.9. The maximum Gasteiger partial charge on any atom is 0.164 e. The summed E-state index contributed by atoms with van der Waals surface area (Å²) < 4.78 is 134. The van der Waals surface area contributed by atoms with Gasteiger partial charge in [0.05, 0.1) is 30.2 Å². The van der Waals surface area contributed by atoms with Crippen LogP contribution in [0.4, 0.5) is 0 Å². The van der Waals surface area contributed by atoms with Crippen LogP contribution < -0.4 is 0 Å². The molecule has 54 heavy (non-hydrogen) atoms. The van der Waals surface area contributed by atoms with Crippen molar-refractivity contribution in [3.63, 3.8) is 0 Å². The van der Waals surface area contributed by atoms with Gasteiger partial charge in [0.1, 0.15) is 11.2 Å². The van der Waals surface area contributed by atoms with E-state index in [-0.39, 0.29) is 44.1 Å². The molecule has 5 heteroatoms. The lowest BCUT2D eigenvalue weighted by molar-refractivity contribution is 0.669. The summed E-state index contributed by atoms with van der Waals surface area (Å²) in [5.74, 6) is 0.958. The van der Waals surface area contributed by atoms with Crippen LogP contribution in [-0.4, -0.2) is 19.5 Å². The summed E-state index contributed by atoms with van der Waals surface area (Å²) in [7, 11) is 0. The number of fused-ring (bicyclic) bond motifs is 7. The second kappa shape index (κ2) is 12.1. The molecule has 0 spiro atoms. The molecule has 0 saturated carbocycles. The zero-order chi connectivity index (χ0) is 47.8. The van der Waals surface area contributed by atoms with Crippen molar-refractivity contribution in [1.82, 2.24) is 19.5 Å². The molecular weight excluding hydrogens is 661 g/mol. The Hall–Kier alpha value is -7.37. The Morgan fingerprint density at radius 3 is 1.83 bits per heavy atom. The van der Waals surface area contributed by atoms with Crippen LogP contribution in [0.15, 0.2) is 186 Å². The van der Waals surface area contributed by atoms with Crippen molar-refractivity contribution in [1.29, 1.82) is 0 Å². The van der Waals surface area contributed by atoms with E-state index in [2.05, 4.69) is 0 Å². The van der Waals surface area contributed by atoms with Gasteiger partial charge in [-0.15, -0.1) is 0 Å². The molecule has 0 aliphatic rings. The van der Waals surface area contributed by atoms with Crippen molar-refractivity contribution in [2.45, 2.75) is 0 Å². The van der Waals surface area contributed by atoms with E-state index < -0.39 is 95.7 Å². The molecule has 0 aliphatic carbocycles. The van der Waals surface area contributed by atoms with E-state index in [0.717, 1.165) is 9.95 Å². The van der Waals surface area contributed by atoms with Gasteiger partial charge in [0.15, 0.2) is 17.5 Å². The van der Waals surface area contributed by atoms with E-state index in [4.69, 9.17) is 30.3 Å². The molecule has 5 nitrogen and oxygen atoms in total. The van der Waals surface area contributed by atoms with Crippen molar-refractivity contribution in [2.24, 2.45) is 0 Å². The predicted molar refractivity (Wildman–Crippen MR) is 221 cm³/mol.